The topological polar surface area (TPSA) is 37.8 Å². The lowest BCUT2D eigenvalue weighted by atomic mass is 9.75. The van der Waals surface area contributed by atoms with Gasteiger partial charge in [0.25, 0.3) is 0 Å². The molecule has 1 N–H and O–H groups in total. The molecule has 0 aliphatic heterocycles. The third-order valence-corrected chi connectivity index (χ3v) is 3.83. The Bertz CT molecular complexity index is 365. The monoisotopic (exact) mass is 194 g/mol. The highest BCUT2D eigenvalue weighted by atomic mass is 16.1. The van der Waals surface area contributed by atoms with Gasteiger partial charge < -0.3 is 4.98 Å². The Morgan fingerprint density at radius 3 is 2.93 bits per heavy atom. The van der Waals surface area contributed by atoms with Gasteiger partial charge in [-0.25, -0.2) is 4.79 Å². The van der Waals surface area contributed by atoms with Crippen molar-refractivity contribution in [2.45, 2.75) is 45.1 Å². The molecule has 0 amide bonds. The molecule has 1 heterocycles. The zero-order chi connectivity index (χ0) is 10.2. The van der Waals surface area contributed by atoms with Crippen molar-refractivity contribution in [3.8, 4) is 0 Å². The summed E-state index contributed by atoms with van der Waals surface area (Å²) >= 11 is 0. The summed E-state index contributed by atoms with van der Waals surface area (Å²) in [5.41, 5.74) is 0.0521. The molecular weight excluding hydrogens is 176 g/mol. The zero-order valence-corrected chi connectivity index (χ0v) is 8.92. The van der Waals surface area contributed by atoms with Crippen molar-refractivity contribution in [3.63, 3.8) is 0 Å². The predicted octanol–water partition coefficient (Wildman–Crippen LogP) is 2.10. The lowest BCUT2D eigenvalue weighted by molar-refractivity contribution is 0.134. The number of nitrogens with zero attached hydrogens (tertiary/aromatic N) is 1. The number of hydrogen-bond donors (Lipinski definition) is 1. The van der Waals surface area contributed by atoms with Crippen molar-refractivity contribution < 1.29 is 0 Å². The van der Waals surface area contributed by atoms with E-state index in [2.05, 4.69) is 18.8 Å². The second-order valence-electron chi connectivity index (χ2n) is 4.64. The average Bonchev–Trinajstić information content (AvgIpc) is 2.57. The highest BCUT2D eigenvalue weighted by Crippen LogP contribution is 2.38. The molecule has 0 saturated heterocycles. The lowest BCUT2D eigenvalue weighted by Crippen LogP contribution is -2.44. The Balaban J connectivity index is 2.39. The minimum atomic E-state index is 0.0231. The van der Waals surface area contributed by atoms with Crippen LogP contribution in [0.1, 0.15) is 39.5 Å². The normalized spacial score (nSPS) is 33.1. The van der Waals surface area contributed by atoms with Crippen LogP contribution in [0.3, 0.4) is 0 Å². The van der Waals surface area contributed by atoms with Crippen LogP contribution in [-0.4, -0.2) is 9.55 Å². The summed E-state index contributed by atoms with van der Waals surface area (Å²) in [4.78, 5) is 14.3. The van der Waals surface area contributed by atoms with E-state index in [0.29, 0.717) is 5.92 Å². The molecule has 2 unspecified atom stereocenters. The SMILES string of the molecule is CC1CCCCC1(C)n1cc[nH]c1=O. The van der Waals surface area contributed by atoms with Gasteiger partial charge in [0.1, 0.15) is 0 Å². The summed E-state index contributed by atoms with van der Waals surface area (Å²) in [6.45, 7) is 4.45. The van der Waals surface area contributed by atoms with Crippen molar-refractivity contribution >= 4 is 0 Å². The first kappa shape index (κ1) is 9.56. The second-order valence-corrected chi connectivity index (χ2v) is 4.64. The standard InChI is InChI=1S/C11H18N2O/c1-9-5-3-4-6-11(9,2)13-8-7-12-10(13)14/h7-9H,3-6H2,1-2H3,(H,12,14). The molecule has 1 fully saturated rings. The van der Waals surface area contributed by atoms with E-state index in [1.807, 2.05) is 10.8 Å². The first-order valence-electron chi connectivity index (χ1n) is 5.41. The van der Waals surface area contributed by atoms with E-state index in [1.54, 1.807) is 6.20 Å². The van der Waals surface area contributed by atoms with Gasteiger partial charge in [0.15, 0.2) is 0 Å². The van der Waals surface area contributed by atoms with Gasteiger partial charge in [-0.05, 0) is 25.7 Å². The Labute approximate surface area is 84.1 Å². The largest absolute Gasteiger partial charge is 0.325 e. The van der Waals surface area contributed by atoms with E-state index in [9.17, 15) is 4.79 Å². The number of aromatic nitrogens is 2. The number of aromatic amines is 1. The Hall–Kier alpha value is -0.990. The molecule has 78 valence electrons. The Kier molecular flexibility index (Phi) is 2.25. The first-order valence-corrected chi connectivity index (χ1v) is 5.41. The fourth-order valence-electron chi connectivity index (χ4n) is 2.57. The minimum absolute atomic E-state index is 0.0231. The van der Waals surface area contributed by atoms with Crippen molar-refractivity contribution in [3.05, 3.63) is 22.9 Å². The molecule has 1 aliphatic rings. The number of nitrogens with one attached hydrogen (secondary N) is 1. The summed E-state index contributed by atoms with van der Waals surface area (Å²) in [6.07, 6.45) is 8.49. The van der Waals surface area contributed by atoms with Crippen LogP contribution in [0.2, 0.25) is 0 Å². The fourth-order valence-corrected chi connectivity index (χ4v) is 2.57. The van der Waals surface area contributed by atoms with Crippen LogP contribution in [0.15, 0.2) is 17.2 Å². The molecule has 1 aromatic rings. The third-order valence-electron chi connectivity index (χ3n) is 3.83. The van der Waals surface area contributed by atoms with Gasteiger partial charge >= 0.3 is 5.69 Å². The van der Waals surface area contributed by atoms with Crippen LogP contribution in [0.5, 0.6) is 0 Å². The van der Waals surface area contributed by atoms with Gasteiger partial charge in [-0.3, -0.25) is 4.57 Å². The number of H-pyrrole nitrogens is 1. The number of imidazole rings is 1. The lowest BCUT2D eigenvalue weighted by Gasteiger charge is -2.40. The summed E-state index contributed by atoms with van der Waals surface area (Å²) in [5, 5.41) is 0. The van der Waals surface area contributed by atoms with Crippen molar-refractivity contribution in [1.82, 2.24) is 9.55 Å². The molecule has 1 aromatic heterocycles. The van der Waals surface area contributed by atoms with Gasteiger partial charge in [0.05, 0.1) is 0 Å². The number of hydrogen-bond acceptors (Lipinski definition) is 1. The molecule has 0 radical (unpaired) electrons. The Morgan fingerprint density at radius 2 is 2.36 bits per heavy atom. The third kappa shape index (κ3) is 1.31. The molecular formula is C11H18N2O. The highest BCUT2D eigenvalue weighted by molar-refractivity contribution is 4.94. The first-order chi connectivity index (χ1) is 6.64. The van der Waals surface area contributed by atoms with E-state index in [-0.39, 0.29) is 11.2 Å². The molecule has 3 nitrogen and oxygen atoms in total. The van der Waals surface area contributed by atoms with Crippen molar-refractivity contribution in [2.24, 2.45) is 5.92 Å². The van der Waals surface area contributed by atoms with Gasteiger partial charge in [0, 0.05) is 17.9 Å². The van der Waals surface area contributed by atoms with E-state index < -0.39 is 0 Å². The summed E-state index contributed by atoms with van der Waals surface area (Å²) in [5.74, 6) is 0.588. The molecule has 2 rings (SSSR count). The van der Waals surface area contributed by atoms with Gasteiger partial charge in [-0.1, -0.05) is 19.8 Å². The molecule has 3 heteroatoms. The molecule has 1 aliphatic carbocycles. The predicted molar refractivity (Wildman–Crippen MR) is 56.3 cm³/mol. The van der Waals surface area contributed by atoms with Gasteiger partial charge in [-0.2, -0.15) is 0 Å². The quantitative estimate of drug-likeness (QED) is 0.730. The maximum Gasteiger partial charge on any atom is 0.325 e. The summed E-state index contributed by atoms with van der Waals surface area (Å²) in [6, 6.07) is 0. The van der Waals surface area contributed by atoms with Gasteiger partial charge in [0.2, 0.25) is 0 Å². The minimum Gasteiger partial charge on any atom is -0.313 e. The van der Waals surface area contributed by atoms with Crippen LogP contribution in [-0.2, 0) is 5.54 Å². The molecule has 0 aromatic carbocycles. The second kappa shape index (κ2) is 3.30. The molecule has 14 heavy (non-hydrogen) atoms. The van der Waals surface area contributed by atoms with Crippen molar-refractivity contribution in [1.29, 1.82) is 0 Å². The maximum atomic E-state index is 11.6. The maximum absolute atomic E-state index is 11.6. The van der Waals surface area contributed by atoms with E-state index in [1.165, 1.54) is 19.3 Å². The van der Waals surface area contributed by atoms with Crippen LogP contribution in [0, 0.1) is 5.92 Å². The number of rotatable bonds is 1. The molecule has 0 spiro atoms. The van der Waals surface area contributed by atoms with Crippen LogP contribution < -0.4 is 5.69 Å². The fraction of sp³-hybridized carbons (Fsp3) is 0.727. The molecule has 2 atom stereocenters. The smallest absolute Gasteiger partial charge is 0.313 e. The van der Waals surface area contributed by atoms with Crippen molar-refractivity contribution in [2.75, 3.05) is 0 Å². The summed E-state index contributed by atoms with van der Waals surface area (Å²) in [7, 11) is 0. The van der Waals surface area contributed by atoms with Crippen LogP contribution in [0.4, 0.5) is 0 Å². The van der Waals surface area contributed by atoms with E-state index in [4.69, 9.17) is 0 Å². The molecule has 1 saturated carbocycles. The van der Waals surface area contributed by atoms with E-state index in [0.717, 1.165) is 6.42 Å². The highest BCUT2D eigenvalue weighted by Gasteiger charge is 2.35. The van der Waals surface area contributed by atoms with Crippen LogP contribution >= 0.6 is 0 Å². The van der Waals surface area contributed by atoms with Crippen LogP contribution in [0.25, 0.3) is 0 Å². The van der Waals surface area contributed by atoms with Gasteiger partial charge in [-0.15, -0.1) is 0 Å². The molecule has 0 bridgehead atoms. The summed E-state index contributed by atoms with van der Waals surface area (Å²) < 4.78 is 1.87. The van der Waals surface area contributed by atoms with E-state index >= 15 is 0 Å². The average molecular weight is 194 g/mol. The Morgan fingerprint density at radius 1 is 1.57 bits per heavy atom. The zero-order valence-electron chi connectivity index (χ0n) is 8.92.